The number of rotatable bonds is 12. The molecule has 7 N–H and O–H groups in total. The van der Waals surface area contributed by atoms with Gasteiger partial charge in [0.2, 0.25) is 16.0 Å². The van der Waals surface area contributed by atoms with Gasteiger partial charge in [-0.3, -0.25) is 4.79 Å². The molecule has 0 aliphatic carbocycles. The number of guanidine groups is 1. The lowest BCUT2D eigenvalue weighted by Gasteiger charge is -2.16. The summed E-state index contributed by atoms with van der Waals surface area (Å²) in [5.74, 6) is -4.48. The maximum Gasteiger partial charge on any atom is 0.490 e. The van der Waals surface area contributed by atoms with Crippen LogP contribution in [0.5, 0.6) is 5.75 Å². The van der Waals surface area contributed by atoms with E-state index in [0.29, 0.717) is 29.9 Å². The van der Waals surface area contributed by atoms with Crippen LogP contribution in [0, 0.1) is 12.7 Å². The highest BCUT2D eigenvalue weighted by molar-refractivity contribution is 7.89. The Kier molecular flexibility index (Phi) is 12.4. The summed E-state index contributed by atoms with van der Waals surface area (Å²) in [5.41, 5.74) is 11.1. The molecule has 39 heavy (non-hydrogen) atoms. The molecule has 2 aromatic carbocycles. The van der Waals surface area contributed by atoms with Crippen LogP contribution in [0.25, 0.3) is 0 Å². The van der Waals surface area contributed by atoms with Crippen LogP contribution in [-0.4, -0.2) is 62.0 Å². The number of nitrogens with zero attached hydrogens (tertiary/aromatic N) is 1. The van der Waals surface area contributed by atoms with Gasteiger partial charge in [-0.25, -0.2) is 17.6 Å². The number of aryl methyl sites for hydroxylation is 1. The second kappa shape index (κ2) is 14.7. The van der Waals surface area contributed by atoms with Crippen molar-refractivity contribution in [3.05, 3.63) is 59.4 Å². The topological polar surface area (TPSA) is 204 Å². The summed E-state index contributed by atoms with van der Waals surface area (Å²) in [7, 11) is -4.24. The lowest BCUT2D eigenvalue weighted by Crippen LogP contribution is -2.42. The van der Waals surface area contributed by atoms with Crippen LogP contribution in [0.3, 0.4) is 0 Å². The number of oxime groups is 1. The van der Waals surface area contributed by atoms with E-state index in [4.69, 9.17) is 30.9 Å². The summed E-state index contributed by atoms with van der Waals surface area (Å²) < 4.78 is 78.1. The van der Waals surface area contributed by atoms with Crippen LogP contribution in [0.2, 0.25) is 0 Å². The monoisotopic (exact) mass is 582 g/mol. The lowest BCUT2D eigenvalue weighted by molar-refractivity contribution is -0.192. The number of alkyl halides is 3. The van der Waals surface area contributed by atoms with Gasteiger partial charge < -0.3 is 31.3 Å². The van der Waals surface area contributed by atoms with E-state index in [1.165, 1.54) is 13.0 Å². The van der Waals surface area contributed by atoms with Gasteiger partial charge in [-0.1, -0.05) is 18.2 Å². The maximum atomic E-state index is 13.5. The molecule has 0 radical (unpaired) electrons. The summed E-state index contributed by atoms with van der Waals surface area (Å²) in [6.45, 7) is 2.10. The molecule has 2 rings (SSSR count). The van der Waals surface area contributed by atoms with Gasteiger partial charge in [0.25, 0.3) is 0 Å². The van der Waals surface area contributed by atoms with Gasteiger partial charge in [-0.2, -0.15) is 17.9 Å². The highest BCUT2D eigenvalue weighted by Gasteiger charge is 2.38. The molecule has 0 bridgehead atoms. The molecule has 0 saturated carbocycles. The normalized spacial score (nSPS) is 11.9. The minimum absolute atomic E-state index is 0.116. The first-order chi connectivity index (χ1) is 18.0. The second-order valence-corrected chi connectivity index (χ2v) is 9.31. The molecule has 2 aromatic rings. The summed E-state index contributed by atoms with van der Waals surface area (Å²) in [6, 6.07) is 8.38. The summed E-state index contributed by atoms with van der Waals surface area (Å²) in [4.78, 5) is 25.1. The summed E-state index contributed by atoms with van der Waals surface area (Å²) in [5, 5.41) is 20.0. The number of aliphatic carboxylic acids is 2. The Morgan fingerprint density at radius 2 is 1.67 bits per heavy atom. The van der Waals surface area contributed by atoms with Gasteiger partial charge >= 0.3 is 18.1 Å². The number of carboxylic acids is 2. The van der Waals surface area contributed by atoms with E-state index in [1.807, 2.05) is 0 Å². The number of carbonyl (C=O) groups is 2. The third-order valence-corrected chi connectivity index (χ3v) is 6.07. The quantitative estimate of drug-likeness (QED) is 0.0806. The van der Waals surface area contributed by atoms with Crippen molar-refractivity contribution in [3.63, 3.8) is 0 Å². The number of benzene rings is 2. The fraction of sp³-hybridized carbons (Fsp3) is 0.318. The van der Waals surface area contributed by atoms with Crippen LogP contribution in [0.1, 0.15) is 17.5 Å². The molecule has 216 valence electrons. The summed E-state index contributed by atoms with van der Waals surface area (Å²) in [6.07, 6.45) is -4.67. The van der Waals surface area contributed by atoms with Crippen LogP contribution in [-0.2, 0) is 30.9 Å². The van der Waals surface area contributed by atoms with Gasteiger partial charge in [0.1, 0.15) is 24.2 Å². The molecule has 1 atom stereocenters. The van der Waals surface area contributed by atoms with E-state index in [9.17, 15) is 35.9 Å². The van der Waals surface area contributed by atoms with Crippen LogP contribution >= 0.6 is 0 Å². The fourth-order valence-electron chi connectivity index (χ4n) is 2.68. The Balaban J connectivity index is 0.000000956. The van der Waals surface area contributed by atoms with Crippen molar-refractivity contribution in [2.24, 2.45) is 16.6 Å². The first-order valence-corrected chi connectivity index (χ1v) is 12.2. The van der Waals surface area contributed by atoms with Gasteiger partial charge in [0, 0.05) is 6.42 Å². The number of hydrogen-bond donors (Lipinski definition) is 5. The molecule has 12 nitrogen and oxygen atoms in total. The number of carboxylic acid groups (broad SMARTS) is 2. The van der Waals surface area contributed by atoms with E-state index in [0.717, 1.165) is 12.1 Å². The SMILES string of the molecule is Cc1ccc(F)cc1S(=O)(=O)N[C@@H](Cc1ccc(OCCCON=C(N)N)cc1)C(=O)O.O=C(O)C(F)(F)F. The van der Waals surface area contributed by atoms with Crippen molar-refractivity contribution < 1.29 is 55.4 Å². The molecule has 0 aromatic heterocycles. The average Bonchev–Trinajstić information content (AvgIpc) is 2.82. The van der Waals surface area contributed by atoms with Crippen LogP contribution in [0.15, 0.2) is 52.5 Å². The Hall–Kier alpha value is -4.12. The van der Waals surface area contributed by atoms with Gasteiger partial charge in [-0.05, 0) is 53.9 Å². The van der Waals surface area contributed by atoms with Crippen molar-refractivity contribution in [2.75, 3.05) is 13.2 Å². The van der Waals surface area contributed by atoms with E-state index in [1.54, 1.807) is 24.3 Å². The molecular formula is C22H26F4N4O8S. The van der Waals surface area contributed by atoms with E-state index in [-0.39, 0.29) is 23.9 Å². The van der Waals surface area contributed by atoms with E-state index < -0.39 is 40.0 Å². The maximum absolute atomic E-state index is 13.5. The first kappa shape index (κ1) is 32.9. The molecule has 0 unspecified atom stereocenters. The molecule has 0 spiro atoms. The minimum atomic E-state index is -5.08. The van der Waals surface area contributed by atoms with Crippen molar-refractivity contribution in [1.82, 2.24) is 4.72 Å². The highest BCUT2D eigenvalue weighted by atomic mass is 32.2. The molecule has 0 fully saturated rings. The average molecular weight is 583 g/mol. The number of ether oxygens (including phenoxy) is 1. The third-order valence-electron chi connectivity index (χ3n) is 4.46. The largest absolute Gasteiger partial charge is 0.493 e. The highest BCUT2D eigenvalue weighted by Crippen LogP contribution is 2.19. The molecule has 17 heteroatoms. The van der Waals surface area contributed by atoms with E-state index >= 15 is 0 Å². The molecule has 0 heterocycles. The smallest absolute Gasteiger partial charge is 0.490 e. The number of sulfonamides is 1. The second-order valence-electron chi connectivity index (χ2n) is 7.62. The molecular weight excluding hydrogens is 556 g/mol. The zero-order valence-electron chi connectivity index (χ0n) is 20.3. The molecule has 0 aliphatic heterocycles. The van der Waals surface area contributed by atoms with Crippen molar-refractivity contribution in [1.29, 1.82) is 0 Å². The lowest BCUT2D eigenvalue weighted by atomic mass is 10.1. The minimum Gasteiger partial charge on any atom is -0.493 e. The molecule has 0 aliphatic rings. The Morgan fingerprint density at radius 1 is 1.08 bits per heavy atom. The van der Waals surface area contributed by atoms with Crippen molar-refractivity contribution in [2.45, 2.75) is 36.9 Å². The molecule has 0 amide bonds. The number of nitrogens with two attached hydrogens (primary N) is 2. The molecule has 0 saturated heterocycles. The van der Waals surface area contributed by atoms with Crippen LogP contribution in [0.4, 0.5) is 17.6 Å². The van der Waals surface area contributed by atoms with Gasteiger partial charge in [-0.15, -0.1) is 0 Å². The standard InChI is InChI=1S/C20H25FN4O6S.C2HF3O2/c1-13-3-6-15(21)12-18(13)32(28,29)25-17(19(26)27)11-14-4-7-16(8-5-14)30-9-2-10-31-24-20(22)23;3-2(4,5)1(6)7/h3-8,12,17,25H,2,9-11H2,1H3,(H,26,27)(H4,22,23,24);(H,6,7)/t17-;/m0./s1. The fourth-order valence-corrected chi connectivity index (χ4v) is 4.13. The Labute approximate surface area is 220 Å². The number of nitrogens with one attached hydrogen (secondary N) is 1. The predicted molar refractivity (Wildman–Crippen MR) is 129 cm³/mol. The Bertz CT molecular complexity index is 1250. The van der Waals surface area contributed by atoms with E-state index in [2.05, 4.69) is 9.88 Å². The van der Waals surface area contributed by atoms with Crippen molar-refractivity contribution in [3.8, 4) is 5.75 Å². The van der Waals surface area contributed by atoms with Crippen molar-refractivity contribution >= 4 is 27.9 Å². The Morgan fingerprint density at radius 3 is 2.18 bits per heavy atom. The number of hydrogen-bond acceptors (Lipinski definition) is 7. The van der Waals surface area contributed by atoms with Crippen LogP contribution < -0.4 is 20.9 Å². The zero-order valence-corrected chi connectivity index (χ0v) is 21.1. The summed E-state index contributed by atoms with van der Waals surface area (Å²) >= 11 is 0. The third kappa shape index (κ3) is 12.3. The van der Waals surface area contributed by atoms with Gasteiger partial charge in [0.05, 0.1) is 11.5 Å². The van der Waals surface area contributed by atoms with Gasteiger partial charge in [0.15, 0.2) is 0 Å². The first-order valence-electron chi connectivity index (χ1n) is 10.8. The number of halogens is 4. The zero-order chi connectivity index (χ0) is 29.8. The predicted octanol–water partition coefficient (Wildman–Crippen LogP) is 1.72.